The van der Waals surface area contributed by atoms with E-state index in [2.05, 4.69) is 21.6 Å². The molecule has 1 aromatic heterocycles. The molecule has 1 aromatic rings. The maximum Gasteiger partial charge on any atom is 0.202 e. The summed E-state index contributed by atoms with van der Waals surface area (Å²) in [5.41, 5.74) is 5.80. The predicted octanol–water partition coefficient (Wildman–Crippen LogP) is 1.27. The van der Waals surface area contributed by atoms with Gasteiger partial charge in [0.15, 0.2) is 0 Å². The Morgan fingerprint density at radius 3 is 3.06 bits per heavy atom. The number of hydrogen-bond acceptors (Lipinski definition) is 6. The van der Waals surface area contributed by atoms with Crippen LogP contribution in [-0.4, -0.2) is 35.7 Å². The van der Waals surface area contributed by atoms with E-state index in [4.69, 9.17) is 10.5 Å². The van der Waals surface area contributed by atoms with E-state index in [1.165, 1.54) is 11.5 Å². The normalized spacial score (nSPS) is 12.7. The van der Waals surface area contributed by atoms with Crippen LogP contribution in [0.3, 0.4) is 0 Å². The highest BCUT2D eigenvalue weighted by Crippen LogP contribution is 2.11. The van der Waals surface area contributed by atoms with Gasteiger partial charge in [-0.15, -0.1) is 0 Å². The number of anilines is 1. The van der Waals surface area contributed by atoms with Gasteiger partial charge in [-0.25, -0.2) is 4.98 Å². The molecule has 1 heterocycles. The summed E-state index contributed by atoms with van der Waals surface area (Å²) in [6, 6.07) is 0.0838. The standard InChI is InChI=1S/C10H20N4OS/c1-3-4-9-13-10(16-14-9)12-6-5-8(11)7-15-2/h8H,3-7,11H2,1-2H3,(H,12,13,14). The van der Waals surface area contributed by atoms with Crippen LogP contribution in [0.15, 0.2) is 0 Å². The van der Waals surface area contributed by atoms with Crippen molar-refractivity contribution in [3.8, 4) is 0 Å². The van der Waals surface area contributed by atoms with Crippen LogP contribution in [0.5, 0.6) is 0 Å². The smallest absolute Gasteiger partial charge is 0.202 e. The Morgan fingerprint density at radius 2 is 2.38 bits per heavy atom. The summed E-state index contributed by atoms with van der Waals surface area (Å²) in [5.74, 6) is 0.927. The Bertz CT molecular complexity index is 292. The fourth-order valence-electron chi connectivity index (χ4n) is 1.31. The molecule has 16 heavy (non-hydrogen) atoms. The Kier molecular flexibility index (Phi) is 6.29. The van der Waals surface area contributed by atoms with Crippen LogP contribution in [0, 0.1) is 0 Å². The van der Waals surface area contributed by atoms with Gasteiger partial charge in [0.1, 0.15) is 5.82 Å². The molecule has 0 aliphatic carbocycles. The monoisotopic (exact) mass is 244 g/mol. The summed E-state index contributed by atoms with van der Waals surface area (Å²) in [4.78, 5) is 4.37. The molecule has 0 bridgehead atoms. The van der Waals surface area contributed by atoms with Gasteiger partial charge in [0.05, 0.1) is 6.61 Å². The van der Waals surface area contributed by atoms with E-state index in [-0.39, 0.29) is 6.04 Å². The van der Waals surface area contributed by atoms with Gasteiger partial charge < -0.3 is 15.8 Å². The van der Waals surface area contributed by atoms with Crippen LogP contribution < -0.4 is 11.1 Å². The maximum atomic E-state index is 5.80. The number of nitrogens with two attached hydrogens (primary N) is 1. The Balaban J connectivity index is 2.21. The van der Waals surface area contributed by atoms with Gasteiger partial charge in [-0.3, -0.25) is 0 Å². The zero-order chi connectivity index (χ0) is 11.8. The molecule has 0 saturated heterocycles. The molecule has 1 rings (SSSR count). The summed E-state index contributed by atoms with van der Waals surface area (Å²) in [6.07, 6.45) is 2.90. The first-order valence-electron chi connectivity index (χ1n) is 5.57. The fraction of sp³-hybridized carbons (Fsp3) is 0.800. The number of ether oxygens (including phenoxy) is 1. The molecule has 1 atom stereocenters. The van der Waals surface area contributed by atoms with Crippen LogP contribution in [0.25, 0.3) is 0 Å². The van der Waals surface area contributed by atoms with Gasteiger partial charge in [-0.1, -0.05) is 6.92 Å². The van der Waals surface area contributed by atoms with E-state index in [9.17, 15) is 0 Å². The third-order valence-electron chi connectivity index (χ3n) is 2.11. The molecule has 6 heteroatoms. The van der Waals surface area contributed by atoms with E-state index >= 15 is 0 Å². The minimum absolute atomic E-state index is 0.0838. The molecule has 0 radical (unpaired) electrons. The molecular formula is C10H20N4OS. The molecule has 1 unspecified atom stereocenters. The third-order valence-corrected chi connectivity index (χ3v) is 2.82. The highest BCUT2D eigenvalue weighted by molar-refractivity contribution is 7.09. The number of nitrogens with zero attached hydrogens (tertiary/aromatic N) is 2. The molecule has 3 N–H and O–H groups in total. The van der Waals surface area contributed by atoms with Crippen molar-refractivity contribution in [3.63, 3.8) is 0 Å². The van der Waals surface area contributed by atoms with Crippen molar-refractivity contribution < 1.29 is 4.74 Å². The summed E-state index contributed by atoms with van der Waals surface area (Å²) >= 11 is 1.41. The van der Waals surface area contributed by atoms with E-state index in [1.807, 2.05) is 0 Å². The second-order valence-corrected chi connectivity index (χ2v) is 4.45. The Morgan fingerprint density at radius 1 is 1.56 bits per heavy atom. The van der Waals surface area contributed by atoms with E-state index in [0.717, 1.165) is 36.8 Å². The largest absolute Gasteiger partial charge is 0.383 e. The van der Waals surface area contributed by atoms with Crippen molar-refractivity contribution in [2.75, 3.05) is 25.6 Å². The summed E-state index contributed by atoms with van der Waals surface area (Å²) in [6.45, 7) is 3.53. The lowest BCUT2D eigenvalue weighted by Gasteiger charge is -2.09. The van der Waals surface area contributed by atoms with Crippen LogP contribution >= 0.6 is 11.5 Å². The number of hydrogen-bond donors (Lipinski definition) is 2. The Hall–Kier alpha value is -0.720. The number of aromatic nitrogens is 2. The summed E-state index contributed by atoms with van der Waals surface area (Å²) in [7, 11) is 1.66. The van der Waals surface area contributed by atoms with E-state index in [1.54, 1.807) is 7.11 Å². The molecule has 0 saturated carbocycles. The predicted molar refractivity (Wildman–Crippen MR) is 66.9 cm³/mol. The first-order chi connectivity index (χ1) is 7.76. The van der Waals surface area contributed by atoms with Crippen molar-refractivity contribution in [2.24, 2.45) is 5.73 Å². The molecule has 0 fully saturated rings. The number of rotatable bonds is 8. The van der Waals surface area contributed by atoms with Crippen molar-refractivity contribution in [2.45, 2.75) is 32.2 Å². The SMILES string of the molecule is CCCc1nsc(NCCC(N)COC)n1. The highest BCUT2D eigenvalue weighted by Gasteiger charge is 2.04. The van der Waals surface area contributed by atoms with Crippen LogP contribution in [0.1, 0.15) is 25.6 Å². The van der Waals surface area contributed by atoms with Gasteiger partial charge in [0.2, 0.25) is 5.13 Å². The molecule has 0 amide bonds. The van der Waals surface area contributed by atoms with Gasteiger partial charge in [-0.05, 0) is 12.8 Å². The van der Waals surface area contributed by atoms with Gasteiger partial charge in [0.25, 0.3) is 0 Å². The van der Waals surface area contributed by atoms with Crippen LogP contribution in [0.2, 0.25) is 0 Å². The average Bonchev–Trinajstić information content (AvgIpc) is 2.67. The fourth-order valence-corrected chi connectivity index (χ4v) is 1.95. The lowest BCUT2D eigenvalue weighted by atomic mass is 10.2. The molecule has 0 aliphatic heterocycles. The van der Waals surface area contributed by atoms with Gasteiger partial charge in [-0.2, -0.15) is 4.37 Å². The third kappa shape index (κ3) is 4.87. The molecule has 5 nitrogen and oxygen atoms in total. The average molecular weight is 244 g/mol. The topological polar surface area (TPSA) is 73.1 Å². The van der Waals surface area contributed by atoms with Gasteiger partial charge in [0, 0.05) is 37.6 Å². The first-order valence-corrected chi connectivity index (χ1v) is 6.34. The van der Waals surface area contributed by atoms with Crippen molar-refractivity contribution in [1.29, 1.82) is 0 Å². The van der Waals surface area contributed by atoms with Crippen LogP contribution in [-0.2, 0) is 11.2 Å². The zero-order valence-electron chi connectivity index (χ0n) is 9.90. The maximum absolute atomic E-state index is 5.80. The van der Waals surface area contributed by atoms with Crippen LogP contribution in [0.4, 0.5) is 5.13 Å². The minimum atomic E-state index is 0.0838. The minimum Gasteiger partial charge on any atom is -0.383 e. The number of nitrogens with one attached hydrogen (secondary N) is 1. The number of methoxy groups -OCH3 is 1. The lowest BCUT2D eigenvalue weighted by molar-refractivity contribution is 0.178. The lowest BCUT2D eigenvalue weighted by Crippen LogP contribution is -2.28. The van der Waals surface area contributed by atoms with E-state index < -0.39 is 0 Å². The molecule has 0 aromatic carbocycles. The molecule has 0 aliphatic rings. The quantitative estimate of drug-likeness (QED) is 0.720. The van der Waals surface area contributed by atoms with Crippen molar-refractivity contribution in [3.05, 3.63) is 5.82 Å². The van der Waals surface area contributed by atoms with Crippen molar-refractivity contribution in [1.82, 2.24) is 9.36 Å². The zero-order valence-corrected chi connectivity index (χ0v) is 10.7. The molecular weight excluding hydrogens is 224 g/mol. The summed E-state index contributed by atoms with van der Waals surface area (Å²) < 4.78 is 9.22. The second-order valence-electron chi connectivity index (χ2n) is 3.70. The molecule has 0 spiro atoms. The second kappa shape index (κ2) is 7.54. The first kappa shape index (κ1) is 13.3. The summed E-state index contributed by atoms with van der Waals surface area (Å²) in [5, 5.41) is 4.10. The number of aryl methyl sites for hydroxylation is 1. The van der Waals surface area contributed by atoms with Crippen molar-refractivity contribution >= 4 is 16.7 Å². The van der Waals surface area contributed by atoms with Gasteiger partial charge >= 0.3 is 0 Å². The molecule has 92 valence electrons. The Labute approximate surface area is 101 Å². The van der Waals surface area contributed by atoms with E-state index in [0.29, 0.717) is 6.61 Å². The highest BCUT2D eigenvalue weighted by atomic mass is 32.1.